The Morgan fingerprint density at radius 1 is 1.32 bits per heavy atom. The van der Waals surface area contributed by atoms with Crippen LogP contribution in [0.25, 0.3) is 5.70 Å². The van der Waals surface area contributed by atoms with Crippen LogP contribution in [0.15, 0.2) is 37.1 Å². The summed E-state index contributed by atoms with van der Waals surface area (Å²) in [6.07, 6.45) is -0.909. The van der Waals surface area contributed by atoms with Gasteiger partial charge in [0.2, 0.25) is 0 Å². The topological polar surface area (TPSA) is 66.2 Å². The SMILES string of the molecule is Cc1ccnc(N2NC=C(n3cnc(C(F)(F)F)c3)C2O)c1. The van der Waals surface area contributed by atoms with Crippen LogP contribution >= 0.6 is 0 Å². The van der Waals surface area contributed by atoms with Crippen LogP contribution < -0.4 is 10.4 Å². The zero-order chi connectivity index (χ0) is 15.9. The van der Waals surface area contributed by atoms with E-state index in [1.165, 1.54) is 11.2 Å². The van der Waals surface area contributed by atoms with Crippen molar-refractivity contribution in [2.45, 2.75) is 19.3 Å². The minimum atomic E-state index is -4.53. The number of hydrazine groups is 1. The number of imidazole rings is 1. The van der Waals surface area contributed by atoms with Gasteiger partial charge in [0.25, 0.3) is 0 Å². The molecule has 1 unspecified atom stereocenters. The standard InChI is InChI=1S/C13H12F3N5O/c1-8-2-3-17-11(4-8)21-12(22)9(5-19-21)20-6-10(18-7-20)13(14,15)16/h2-7,12,19,22H,1H3. The summed E-state index contributed by atoms with van der Waals surface area (Å²) in [5, 5.41) is 11.6. The van der Waals surface area contributed by atoms with Crippen molar-refractivity contribution in [1.82, 2.24) is 20.0 Å². The van der Waals surface area contributed by atoms with Gasteiger partial charge >= 0.3 is 6.18 Å². The summed E-state index contributed by atoms with van der Waals surface area (Å²) in [6, 6.07) is 3.54. The van der Waals surface area contributed by atoms with Gasteiger partial charge in [-0.05, 0) is 24.6 Å². The third-order valence-corrected chi connectivity index (χ3v) is 3.18. The first-order valence-electron chi connectivity index (χ1n) is 6.34. The molecule has 0 saturated carbocycles. The van der Waals surface area contributed by atoms with Gasteiger partial charge in [-0.15, -0.1) is 0 Å². The smallest absolute Gasteiger partial charge is 0.367 e. The summed E-state index contributed by atoms with van der Waals surface area (Å²) in [7, 11) is 0. The molecule has 6 nitrogen and oxygen atoms in total. The van der Waals surface area contributed by atoms with Crippen LogP contribution in [0.1, 0.15) is 11.3 Å². The zero-order valence-electron chi connectivity index (χ0n) is 11.4. The summed E-state index contributed by atoms with van der Waals surface area (Å²) in [4.78, 5) is 7.41. The highest BCUT2D eigenvalue weighted by Gasteiger charge is 2.35. The lowest BCUT2D eigenvalue weighted by molar-refractivity contribution is -0.140. The number of rotatable bonds is 2. The van der Waals surface area contributed by atoms with Gasteiger partial charge in [-0.2, -0.15) is 13.2 Å². The second kappa shape index (κ2) is 5.02. The van der Waals surface area contributed by atoms with Crippen molar-refractivity contribution in [2.24, 2.45) is 0 Å². The van der Waals surface area contributed by atoms with Crippen molar-refractivity contribution >= 4 is 11.5 Å². The lowest BCUT2D eigenvalue weighted by Crippen LogP contribution is -2.39. The summed E-state index contributed by atoms with van der Waals surface area (Å²) in [6.45, 7) is 1.87. The lowest BCUT2D eigenvalue weighted by atomic mass is 10.3. The summed E-state index contributed by atoms with van der Waals surface area (Å²) >= 11 is 0. The highest BCUT2D eigenvalue weighted by molar-refractivity contribution is 5.60. The van der Waals surface area contributed by atoms with Gasteiger partial charge in [-0.25, -0.2) is 15.0 Å². The van der Waals surface area contributed by atoms with E-state index in [2.05, 4.69) is 15.4 Å². The summed E-state index contributed by atoms with van der Waals surface area (Å²) in [5.74, 6) is 0.454. The molecule has 1 aliphatic rings. The highest BCUT2D eigenvalue weighted by Crippen LogP contribution is 2.29. The van der Waals surface area contributed by atoms with E-state index in [0.717, 1.165) is 22.7 Å². The Hall–Kier alpha value is -2.55. The first-order valence-corrected chi connectivity index (χ1v) is 6.34. The van der Waals surface area contributed by atoms with E-state index in [1.807, 2.05) is 6.92 Å². The highest BCUT2D eigenvalue weighted by atomic mass is 19.4. The molecule has 0 bridgehead atoms. The number of anilines is 1. The van der Waals surface area contributed by atoms with Crippen LogP contribution in [0.2, 0.25) is 0 Å². The molecule has 0 spiro atoms. The number of alkyl halides is 3. The van der Waals surface area contributed by atoms with Gasteiger partial charge in [0.15, 0.2) is 11.9 Å². The van der Waals surface area contributed by atoms with E-state index in [1.54, 1.807) is 18.3 Å². The van der Waals surface area contributed by atoms with Crippen LogP contribution in [0.4, 0.5) is 19.0 Å². The molecule has 22 heavy (non-hydrogen) atoms. The van der Waals surface area contributed by atoms with Gasteiger partial charge in [-0.3, -0.25) is 5.43 Å². The van der Waals surface area contributed by atoms with Crippen LogP contribution in [-0.4, -0.2) is 25.9 Å². The van der Waals surface area contributed by atoms with Gasteiger partial charge in [0, 0.05) is 18.6 Å². The van der Waals surface area contributed by atoms with Gasteiger partial charge in [0.05, 0.1) is 12.0 Å². The van der Waals surface area contributed by atoms with E-state index < -0.39 is 18.1 Å². The van der Waals surface area contributed by atoms with Crippen LogP contribution in [0, 0.1) is 6.92 Å². The molecule has 2 aromatic rings. The largest absolute Gasteiger partial charge is 0.434 e. The molecule has 0 amide bonds. The number of aliphatic hydroxyl groups is 1. The third kappa shape index (κ3) is 2.50. The van der Waals surface area contributed by atoms with E-state index in [4.69, 9.17) is 0 Å². The monoisotopic (exact) mass is 311 g/mol. The molecule has 116 valence electrons. The minimum absolute atomic E-state index is 0.214. The van der Waals surface area contributed by atoms with Gasteiger partial charge in [0.1, 0.15) is 5.82 Å². The van der Waals surface area contributed by atoms with Crippen molar-refractivity contribution in [2.75, 3.05) is 5.01 Å². The predicted octanol–water partition coefficient (Wildman–Crippen LogP) is 1.75. The number of nitrogens with zero attached hydrogens (tertiary/aromatic N) is 4. The Kier molecular flexibility index (Phi) is 3.28. The number of hydrogen-bond acceptors (Lipinski definition) is 5. The molecule has 1 atom stereocenters. The molecule has 0 fully saturated rings. The lowest BCUT2D eigenvalue weighted by Gasteiger charge is -2.23. The van der Waals surface area contributed by atoms with E-state index in [-0.39, 0.29) is 5.70 Å². The Morgan fingerprint density at radius 2 is 2.09 bits per heavy atom. The number of halogens is 3. The fourth-order valence-corrected chi connectivity index (χ4v) is 2.07. The first kappa shape index (κ1) is 14.4. The van der Waals surface area contributed by atoms with Crippen LogP contribution in [-0.2, 0) is 6.18 Å². The Labute approximate surface area is 123 Å². The zero-order valence-corrected chi connectivity index (χ0v) is 11.4. The van der Waals surface area contributed by atoms with Crippen molar-refractivity contribution in [3.8, 4) is 0 Å². The quantitative estimate of drug-likeness (QED) is 0.884. The molecule has 9 heteroatoms. The van der Waals surface area contributed by atoms with E-state index in [0.29, 0.717) is 5.82 Å². The van der Waals surface area contributed by atoms with Crippen molar-refractivity contribution in [1.29, 1.82) is 0 Å². The molecule has 0 aliphatic carbocycles. The summed E-state index contributed by atoms with van der Waals surface area (Å²) < 4.78 is 38.9. The number of aliphatic hydroxyl groups excluding tert-OH is 1. The van der Waals surface area contributed by atoms with Crippen molar-refractivity contribution < 1.29 is 18.3 Å². The average molecular weight is 311 g/mol. The maximum Gasteiger partial charge on any atom is 0.434 e. The molecule has 3 heterocycles. The maximum absolute atomic E-state index is 12.6. The van der Waals surface area contributed by atoms with Crippen molar-refractivity contribution in [3.63, 3.8) is 0 Å². The maximum atomic E-state index is 12.6. The molecular weight excluding hydrogens is 299 g/mol. The van der Waals surface area contributed by atoms with E-state index >= 15 is 0 Å². The molecule has 2 aromatic heterocycles. The number of pyridine rings is 1. The number of aryl methyl sites for hydroxylation is 1. The Balaban J connectivity index is 1.84. The number of aromatic nitrogens is 3. The number of nitrogens with one attached hydrogen (secondary N) is 1. The molecule has 3 rings (SSSR count). The minimum Gasteiger partial charge on any atom is -0.367 e. The van der Waals surface area contributed by atoms with Crippen LogP contribution in [0.3, 0.4) is 0 Å². The van der Waals surface area contributed by atoms with E-state index in [9.17, 15) is 18.3 Å². The normalized spacial score (nSPS) is 18.3. The third-order valence-electron chi connectivity index (χ3n) is 3.18. The fourth-order valence-electron chi connectivity index (χ4n) is 2.07. The fraction of sp³-hybridized carbons (Fsp3) is 0.231. The first-order chi connectivity index (χ1) is 10.4. The average Bonchev–Trinajstić information content (AvgIpc) is 3.04. The molecule has 0 radical (unpaired) electrons. The van der Waals surface area contributed by atoms with Crippen molar-refractivity contribution in [3.05, 3.63) is 48.3 Å². The van der Waals surface area contributed by atoms with Crippen LogP contribution in [0.5, 0.6) is 0 Å². The molecule has 2 N–H and O–H groups in total. The summed E-state index contributed by atoms with van der Waals surface area (Å²) in [5.41, 5.74) is 2.91. The molecule has 0 aromatic carbocycles. The molecule has 0 saturated heterocycles. The Morgan fingerprint density at radius 3 is 2.73 bits per heavy atom. The van der Waals surface area contributed by atoms with Gasteiger partial charge in [-0.1, -0.05) is 0 Å². The molecular formula is C13H12F3N5O. The molecule has 1 aliphatic heterocycles. The second-order valence-electron chi connectivity index (χ2n) is 4.80. The Bertz CT molecular complexity index is 724. The predicted molar refractivity (Wildman–Crippen MR) is 72.1 cm³/mol. The second-order valence-corrected chi connectivity index (χ2v) is 4.80. The number of hydrogen-bond donors (Lipinski definition) is 2. The van der Waals surface area contributed by atoms with Gasteiger partial charge < -0.3 is 9.67 Å².